The molecule has 0 heterocycles. The van der Waals surface area contributed by atoms with E-state index in [1.807, 2.05) is 6.92 Å². The molecule has 88 valence electrons. The Morgan fingerprint density at radius 2 is 1.87 bits per heavy atom. The van der Waals surface area contributed by atoms with Crippen molar-refractivity contribution in [1.82, 2.24) is 0 Å². The monoisotopic (exact) mass is 230 g/mol. The van der Waals surface area contributed by atoms with Crippen LogP contribution in [0.15, 0.2) is 12.2 Å². The fourth-order valence-corrected chi connectivity index (χ4v) is 2.26. The molecule has 0 aromatic heterocycles. The Morgan fingerprint density at radius 3 is 2.20 bits per heavy atom. The fourth-order valence-electron chi connectivity index (χ4n) is 0.899. The van der Waals surface area contributed by atoms with Gasteiger partial charge < -0.3 is 9.53 Å². The summed E-state index contributed by atoms with van der Waals surface area (Å²) >= 11 is 0. The molecule has 0 bridgehead atoms. The second-order valence-corrected chi connectivity index (χ2v) is 10.0. The Hall–Kier alpha value is -0.613. The number of rotatable bonds is 4. The maximum atomic E-state index is 10.3. The van der Waals surface area contributed by atoms with E-state index in [0.717, 1.165) is 6.08 Å². The van der Waals surface area contributed by atoms with Crippen LogP contribution in [-0.4, -0.2) is 25.5 Å². The van der Waals surface area contributed by atoms with Crippen molar-refractivity contribution in [3.63, 3.8) is 0 Å². The first-order chi connectivity index (χ1) is 6.56. The molecule has 3 nitrogen and oxygen atoms in total. The van der Waals surface area contributed by atoms with Crippen molar-refractivity contribution < 1.29 is 14.3 Å². The SMILES string of the molecule is C[C@H](/C=C/C(=O)O)O[Si](C)(C)C(C)(C)C. The molecular formula is C11H22O3Si. The number of hydrogen-bond acceptors (Lipinski definition) is 2. The molecular weight excluding hydrogens is 208 g/mol. The molecule has 0 aromatic rings. The van der Waals surface area contributed by atoms with Gasteiger partial charge in [-0.2, -0.15) is 0 Å². The van der Waals surface area contributed by atoms with Crippen LogP contribution in [0.1, 0.15) is 27.7 Å². The highest BCUT2D eigenvalue weighted by Gasteiger charge is 2.37. The van der Waals surface area contributed by atoms with E-state index in [2.05, 4.69) is 33.9 Å². The van der Waals surface area contributed by atoms with Crippen LogP contribution < -0.4 is 0 Å². The van der Waals surface area contributed by atoms with Gasteiger partial charge in [0, 0.05) is 6.08 Å². The van der Waals surface area contributed by atoms with E-state index in [0.29, 0.717) is 0 Å². The van der Waals surface area contributed by atoms with Crippen LogP contribution in [0, 0.1) is 0 Å². The third kappa shape index (κ3) is 5.13. The smallest absolute Gasteiger partial charge is 0.328 e. The number of hydrogen-bond donors (Lipinski definition) is 1. The predicted octanol–water partition coefficient (Wildman–Crippen LogP) is 3.04. The lowest BCUT2D eigenvalue weighted by Gasteiger charge is -2.37. The van der Waals surface area contributed by atoms with Crippen LogP contribution in [0.4, 0.5) is 0 Å². The van der Waals surface area contributed by atoms with Gasteiger partial charge in [-0.3, -0.25) is 0 Å². The molecule has 0 aromatic carbocycles. The summed E-state index contributed by atoms with van der Waals surface area (Å²) < 4.78 is 5.94. The van der Waals surface area contributed by atoms with Crippen LogP contribution in [0.5, 0.6) is 0 Å². The zero-order chi connectivity index (χ0) is 12.3. The highest BCUT2D eigenvalue weighted by molar-refractivity contribution is 6.74. The van der Waals surface area contributed by atoms with Crippen molar-refractivity contribution in [2.45, 2.75) is 51.9 Å². The van der Waals surface area contributed by atoms with Crippen LogP contribution in [0.2, 0.25) is 18.1 Å². The summed E-state index contributed by atoms with van der Waals surface area (Å²) in [7, 11) is -1.78. The van der Waals surface area contributed by atoms with Crippen molar-refractivity contribution in [3.8, 4) is 0 Å². The third-order valence-electron chi connectivity index (χ3n) is 2.80. The van der Waals surface area contributed by atoms with Gasteiger partial charge >= 0.3 is 5.97 Å². The van der Waals surface area contributed by atoms with Gasteiger partial charge in [0.05, 0.1) is 6.10 Å². The molecule has 1 N–H and O–H groups in total. The third-order valence-corrected chi connectivity index (χ3v) is 7.37. The quantitative estimate of drug-likeness (QED) is 0.596. The van der Waals surface area contributed by atoms with Gasteiger partial charge in [-0.25, -0.2) is 4.79 Å². The molecule has 4 heteroatoms. The minimum absolute atomic E-state index is 0.137. The Morgan fingerprint density at radius 1 is 1.40 bits per heavy atom. The van der Waals surface area contributed by atoms with E-state index >= 15 is 0 Å². The highest BCUT2D eigenvalue weighted by Crippen LogP contribution is 2.37. The predicted molar refractivity (Wildman–Crippen MR) is 64.5 cm³/mol. The molecule has 1 atom stereocenters. The lowest BCUT2D eigenvalue weighted by Crippen LogP contribution is -2.42. The van der Waals surface area contributed by atoms with E-state index in [1.54, 1.807) is 6.08 Å². The number of carbonyl (C=O) groups is 1. The lowest BCUT2D eigenvalue weighted by atomic mass is 10.2. The van der Waals surface area contributed by atoms with Gasteiger partial charge in [0.25, 0.3) is 0 Å². The van der Waals surface area contributed by atoms with Crippen LogP contribution in [0.25, 0.3) is 0 Å². The summed E-state index contributed by atoms with van der Waals surface area (Å²) in [6.07, 6.45) is 2.59. The van der Waals surface area contributed by atoms with Gasteiger partial charge in [-0.05, 0) is 25.1 Å². The Bertz CT molecular complexity index is 251. The Kier molecular flexibility index (Phi) is 4.74. The summed E-state index contributed by atoms with van der Waals surface area (Å²) in [6.45, 7) is 12.7. The van der Waals surface area contributed by atoms with Gasteiger partial charge in [-0.15, -0.1) is 0 Å². The summed E-state index contributed by atoms with van der Waals surface area (Å²) in [6, 6.07) is 0. The molecule has 0 aliphatic carbocycles. The highest BCUT2D eigenvalue weighted by atomic mass is 28.4. The van der Waals surface area contributed by atoms with Crippen molar-refractivity contribution in [1.29, 1.82) is 0 Å². The van der Waals surface area contributed by atoms with E-state index in [4.69, 9.17) is 9.53 Å². The first-order valence-corrected chi connectivity index (χ1v) is 8.06. The second kappa shape index (κ2) is 4.94. The van der Waals surface area contributed by atoms with Crippen LogP contribution >= 0.6 is 0 Å². The molecule has 0 saturated carbocycles. The van der Waals surface area contributed by atoms with Crippen molar-refractivity contribution in [2.75, 3.05) is 0 Å². The summed E-state index contributed by atoms with van der Waals surface area (Å²) in [5.41, 5.74) is 0. The molecule has 0 rings (SSSR count). The molecule has 0 unspecified atom stereocenters. The Balaban J connectivity index is 4.41. The number of carboxylic acids is 1. The van der Waals surface area contributed by atoms with Gasteiger partial charge in [0.1, 0.15) is 0 Å². The first-order valence-electron chi connectivity index (χ1n) is 5.15. The molecule has 0 radical (unpaired) electrons. The molecule has 0 aliphatic heterocycles. The largest absolute Gasteiger partial charge is 0.478 e. The van der Waals surface area contributed by atoms with E-state index in [9.17, 15) is 4.79 Å². The van der Waals surface area contributed by atoms with Crippen LogP contribution in [0.3, 0.4) is 0 Å². The summed E-state index contributed by atoms with van der Waals surface area (Å²) in [5, 5.41) is 8.64. The number of carboxylic acid groups (broad SMARTS) is 1. The van der Waals surface area contributed by atoms with Crippen LogP contribution in [-0.2, 0) is 9.22 Å². The maximum Gasteiger partial charge on any atom is 0.328 e. The molecule has 0 aliphatic rings. The van der Waals surface area contributed by atoms with Crippen molar-refractivity contribution >= 4 is 14.3 Å². The minimum atomic E-state index is -1.78. The summed E-state index contributed by atoms with van der Waals surface area (Å²) in [5.74, 6) is -0.930. The summed E-state index contributed by atoms with van der Waals surface area (Å²) in [4.78, 5) is 10.3. The van der Waals surface area contributed by atoms with E-state index in [1.165, 1.54) is 0 Å². The second-order valence-electron chi connectivity index (χ2n) is 5.28. The minimum Gasteiger partial charge on any atom is -0.478 e. The molecule has 0 saturated heterocycles. The zero-order valence-corrected chi connectivity index (χ0v) is 11.5. The van der Waals surface area contributed by atoms with Gasteiger partial charge in [0.15, 0.2) is 8.32 Å². The van der Waals surface area contributed by atoms with E-state index < -0.39 is 14.3 Å². The normalized spacial score (nSPS) is 15.6. The molecule has 0 fully saturated rings. The average molecular weight is 230 g/mol. The van der Waals surface area contributed by atoms with Crippen molar-refractivity contribution in [3.05, 3.63) is 12.2 Å². The standard InChI is InChI=1S/C11H22O3Si/c1-9(7-8-10(12)13)14-15(5,6)11(2,3)4/h7-9H,1-6H3,(H,12,13)/b8-7+/t9-/m1/s1. The Labute approximate surface area is 93.3 Å². The maximum absolute atomic E-state index is 10.3. The number of aliphatic carboxylic acids is 1. The van der Waals surface area contributed by atoms with Gasteiger partial charge in [-0.1, -0.05) is 26.8 Å². The molecule has 0 spiro atoms. The molecule has 0 amide bonds. The molecule has 15 heavy (non-hydrogen) atoms. The van der Waals surface area contributed by atoms with Gasteiger partial charge in [0.2, 0.25) is 0 Å². The average Bonchev–Trinajstić information content (AvgIpc) is 1.97. The van der Waals surface area contributed by atoms with Crippen molar-refractivity contribution in [2.24, 2.45) is 0 Å². The van der Waals surface area contributed by atoms with E-state index in [-0.39, 0.29) is 11.1 Å². The lowest BCUT2D eigenvalue weighted by molar-refractivity contribution is -0.131. The fraction of sp³-hybridized carbons (Fsp3) is 0.727. The first kappa shape index (κ1) is 14.4. The topological polar surface area (TPSA) is 46.5 Å². The zero-order valence-electron chi connectivity index (χ0n) is 10.5.